The minimum atomic E-state index is -1.26. The van der Waals surface area contributed by atoms with Gasteiger partial charge in [-0.25, -0.2) is 14.6 Å². The SMILES string of the molecule is O=C(O)[C@@H](CO)NC(=O)N1CCN(c2nccs2)CC1. The Morgan fingerprint density at radius 1 is 1.40 bits per heavy atom. The molecule has 1 saturated heterocycles. The van der Waals surface area contributed by atoms with Gasteiger partial charge in [0, 0.05) is 37.8 Å². The van der Waals surface area contributed by atoms with Crippen molar-refractivity contribution in [3.05, 3.63) is 11.6 Å². The maximum absolute atomic E-state index is 11.9. The van der Waals surface area contributed by atoms with Gasteiger partial charge in [0.15, 0.2) is 11.2 Å². The molecule has 2 rings (SSSR count). The number of anilines is 1. The van der Waals surface area contributed by atoms with Crippen molar-refractivity contribution in [2.45, 2.75) is 6.04 Å². The Morgan fingerprint density at radius 3 is 2.60 bits per heavy atom. The Kier molecular flexibility index (Phi) is 4.74. The molecule has 1 aromatic heterocycles. The monoisotopic (exact) mass is 300 g/mol. The number of aromatic nitrogens is 1. The number of hydrogen-bond donors (Lipinski definition) is 3. The van der Waals surface area contributed by atoms with E-state index in [1.807, 2.05) is 5.38 Å². The smallest absolute Gasteiger partial charge is 0.328 e. The summed E-state index contributed by atoms with van der Waals surface area (Å²) in [6.07, 6.45) is 1.73. The number of aliphatic hydroxyl groups is 1. The first kappa shape index (κ1) is 14.5. The van der Waals surface area contributed by atoms with Crippen molar-refractivity contribution < 1.29 is 19.8 Å². The maximum atomic E-state index is 11.9. The van der Waals surface area contributed by atoms with Crippen LogP contribution in [0.3, 0.4) is 0 Å². The molecule has 3 N–H and O–H groups in total. The molecule has 0 bridgehead atoms. The maximum Gasteiger partial charge on any atom is 0.328 e. The highest BCUT2D eigenvalue weighted by Gasteiger charge is 2.26. The van der Waals surface area contributed by atoms with Crippen LogP contribution in [0.15, 0.2) is 11.6 Å². The normalized spacial score (nSPS) is 16.9. The summed E-state index contributed by atoms with van der Waals surface area (Å²) in [7, 11) is 0. The summed E-state index contributed by atoms with van der Waals surface area (Å²) in [6.45, 7) is 1.65. The van der Waals surface area contributed by atoms with Gasteiger partial charge in [0.2, 0.25) is 0 Å². The Balaban J connectivity index is 1.84. The molecule has 1 atom stereocenters. The third kappa shape index (κ3) is 3.36. The molecule has 1 aliphatic rings. The zero-order chi connectivity index (χ0) is 14.5. The number of rotatable bonds is 4. The lowest BCUT2D eigenvalue weighted by molar-refractivity contribution is -0.140. The molecule has 1 fully saturated rings. The van der Waals surface area contributed by atoms with E-state index in [9.17, 15) is 9.59 Å². The number of carbonyl (C=O) groups is 2. The number of nitrogens with zero attached hydrogens (tertiary/aromatic N) is 3. The van der Waals surface area contributed by atoms with Gasteiger partial charge in [0.25, 0.3) is 0 Å². The average Bonchev–Trinajstić information content (AvgIpc) is 2.98. The first-order chi connectivity index (χ1) is 9.61. The molecular formula is C11H16N4O4S. The quantitative estimate of drug-likeness (QED) is 0.687. The fraction of sp³-hybridized carbons (Fsp3) is 0.545. The summed E-state index contributed by atoms with van der Waals surface area (Å²) in [5.41, 5.74) is 0. The molecule has 0 radical (unpaired) electrons. The van der Waals surface area contributed by atoms with Crippen LogP contribution in [0.4, 0.5) is 9.93 Å². The number of nitrogens with one attached hydrogen (secondary N) is 1. The van der Waals surface area contributed by atoms with Crippen LogP contribution in [0.2, 0.25) is 0 Å². The van der Waals surface area contributed by atoms with E-state index in [1.54, 1.807) is 17.5 Å². The standard InChI is InChI=1S/C11H16N4O4S/c16-7-8(9(17)18)13-10(19)14-2-4-15(5-3-14)11-12-1-6-20-11/h1,6,8,16H,2-5,7H2,(H,13,19)(H,17,18)/t8-/m1/s1. The molecule has 8 nitrogen and oxygen atoms in total. The van der Waals surface area contributed by atoms with E-state index < -0.39 is 24.6 Å². The number of aliphatic carboxylic acids is 1. The molecule has 2 heterocycles. The Hall–Kier alpha value is -1.87. The molecule has 9 heteroatoms. The Bertz CT molecular complexity index is 459. The highest BCUT2D eigenvalue weighted by molar-refractivity contribution is 7.13. The Morgan fingerprint density at radius 2 is 2.10 bits per heavy atom. The molecule has 2 amide bonds. The number of carboxylic acids is 1. The van der Waals surface area contributed by atoms with Crippen molar-refractivity contribution in [1.82, 2.24) is 15.2 Å². The summed E-state index contributed by atoms with van der Waals surface area (Å²) in [6, 6.07) is -1.73. The van der Waals surface area contributed by atoms with E-state index in [-0.39, 0.29) is 0 Å². The zero-order valence-electron chi connectivity index (χ0n) is 10.7. The highest BCUT2D eigenvalue weighted by atomic mass is 32.1. The summed E-state index contributed by atoms with van der Waals surface area (Å²) >= 11 is 1.54. The molecule has 0 spiro atoms. The first-order valence-electron chi connectivity index (χ1n) is 6.15. The molecule has 0 unspecified atom stereocenters. The summed E-state index contributed by atoms with van der Waals surface area (Å²) in [5.74, 6) is -1.25. The number of hydrogen-bond acceptors (Lipinski definition) is 6. The molecule has 1 aliphatic heterocycles. The van der Waals surface area contributed by atoms with Gasteiger partial charge in [0.1, 0.15) is 0 Å². The number of thiazole rings is 1. The van der Waals surface area contributed by atoms with Crippen LogP contribution in [0, 0.1) is 0 Å². The lowest BCUT2D eigenvalue weighted by atomic mass is 10.3. The van der Waals surface area contributed by atoms with Gasteiger partial charge in [0.05, 0.1) is 6.61 Å². The number of aliphatic hydroxyl groups excluding tert-OH is 1. The van der Waals surface area contributed by atoms with Crippen molar-refractivity contribution in [3.63, 3.8) is 0 Å². The Labute approximate surface area is 119 Å². The fourth-order valence-electron chi connectivity index (χ4n) is 1.90. The van der Waals surface area contributed by atoms with Crippen molar-refractivity contribution in [2.75, 3.05) is 37.7 Å². The van der Waals surface area contributed by atoms with Crippen molar-refractivity contribution in [3.8, 4) is 0 Å². The van der Waals surface area contributed by atoms with E-state index in [2.05, 4.69) is 15.2 Å². The van der Waals surface area contributed by atoms with Crippen molar-refractivity contribution in [2.24, 2.45) is 0 Å². The largest absolute Gasteiger partial charge is 0.480 e. The predicted molar refractivity (Wildman–Crippen MR) is 72.9 cm³/mol. The second-order valence-electron chi connectivity index (χ2n) is 4.31. The fourth-order valence-corrected chi connectivity index (χ4v) is 2.60. The predicted octanol–water partition coefficient (Wildman–Crippen LogP) is -0.580. The molecule has 0 saturated carbocycles. The van der Waals surface area contributed by atoms with Gasteiger partial charge in [-0.2, -0.15) is 0 Å². The van der Waals surface area contributed by atoms with Crippen molar-refractivity contribution in [1.29, 1.82) is 0 Å². The topological polar surface area (TPSA) is 106 Å². The van der Waals surface area contributed by atoms with Gasteiger partial charge in [-0.05, 0) is 0 Å². The van der Waals surface area contributed by atoms with Gasteiger partial charge >= 0.3 is 12.0 Å². The lowest BCUT2D eigenvalue weighted by Gasteiger charge is -2.34. The third-order valence-corrected chi connectivity index (χ3v) is 3.87. The number of piperazine rings is 1. The average molecular weight is 300 g/mol. The lowest BCUT2D eigenvalue weighted by Crippen LogP contribution is -2.55. The molecule has 1 aromatic rings. The second kappa shape index (κ2) is 6.53. The van der Waals surface area contributed by atoms with Gasteiger partial charge < -0.3 is 25.3 Å². The zero-order valence-corrected chi connectivity index (χ0v) is 11.5. The van der Waals surface area contributed by atoms with Crippen LogP contribution in [-0.4, -0.2) is 70.9 Å². The van der Waals surface area contributed by atoms with Crippen molar-refractivity contribution >= 4 is 28.5 Å². The number of urea groups is 1. The first-order valence-corrected chi connectivity index (χ1v) is 7.03. The molecular weight excluding hydrogens is 284 g/mol. The van der Waals surface area contributed by atoms with E-state index in [0.29, 0.717) is 26.2 Å². The number of carbonyl (C=O) groups excluding carboxylic acids is 1. The summed E-state index contributed by atoms with van der Waals surface area (Å²) in [5, 5.41) is 22.8. The van der Waals surface area contributed by atoms with E-state index in [1.165, 1.54) is 4.90 Å². The van der Waals surface area contributed by atoms with Crippen LogP contribution >= 0.6 is 11.3 Å². The second-order valence-corrected chi connectivity index (χ2v) is 5.18. The number of amides is 2. The van der Waals surface area contributed by atoms with Gasteiger partial charge in [-0.15, -0.1) is 11.3 Å². The minimum Gasteiger partial charge on any atom is -0.480 e. The van der Waals surface area contributed by atoms with Crippen LogP contribution in [0.5, 0.6) is 0 Å². The van der Waals surface area contributed by atoms with E-state index in [4.69, 9.17) is 10.2 Å². The van der Waals surface area contributed by atoms with Crippen LogP contribution in [0.1, 0.15) is 0 Å². The van der Waals surface area contributed by atoms with Gasteiger partial charge in [-0.1, -0.05) is 0 Å². The minimum absolute atomic E-state index is 0.467. The molecule has 0 aromatic carbocycles. The molecule has 20 heavy (non-hydrogen) atoms. The van der Waals surface area contributed by atoms with Crippen LogP contribution in [0.25, 0.3) is 0 Å². The third-order valence-electron chi connectivity index (χ3n) is 3.04. The highest BCUT2D eigenvalue weighted by Crippen LogP contribution is 2.18. The number of carboxylic acid groups (broad SMARTS) is 1. The molecule has 110 valence electrons. The summed E-state index contributed by atoms with van der Waals surface area (Å²) in [4.78, 5) is 30.4. The molecule has 0 aliphatic carbocycles. The van der Waals surface area contributed by atoms with E-state index >= 15 is 0 Å². The van der Waals surface area contributed by atoms with Crippen LogP contribution < -0.4 is 10.2 Å². The van der Waals surface area contributed by atoms with E-state index in [0.717, 1.165) is 5.13 Å². The van der Waals surface area contributed by atoms with Gasteiger partial charge in [-0.3, -0.25) is 0 Å². The van der Waals surface area contributed by atoms with Crippen LogP contribution in [-0.2, 0) is 4.79 Å². The summed E-state index contributed by atoms with van der Waals surface area (Å²) < 4.78 is 0.